The first-order valence-corrected chi connectivity index (χ1v) is 4.76. The fourth-order valence-corrected chi connectivity index (χ4v) is 0.754. The summed E-state index contributed by atoms with van der Waals surface area (Å²) in [5.74, 6) is -0.981. The molecule has 0 aliphatic rings. The molecule has 84 valence electrons. The standard InChI is InChI=1S/C7H16O2.C3H4O2/c8-6-4-2-1-3-5-7-9;1-2-3(4)5/h8-9H,1-7H2;2H,1H2,(H,4,5). The highest BCUT2D eigenvalue weighted by atomic mass is 16.4. The number of carboxylic acid groups (broad SMARTS) is 1. The van der Waals surface area contributed by atoms with Gasteiger partial charge in [0.15, 0.2) is 0 Å². The smallest absolute Gasteiger partial charge is 0.327 e. The van der Waals surface area contributed by atoms with E-state index < -0.39 is 5.97 Å². The van der Waals surface area contributed by atoms with E-state index in [-0.39, 0.29) is 0 Å². The molecule has 3 N–H and O–H groups in total. The first kappa shape index (κ1) is 15.6. The summed E-state index contributed by atoms with van der Waals surface area (Å²) in [6.45, 7) is 3.57. The monoisotopic (exact) mass is 204 g/mol. The second-order valence-electron chi connectivity index (χ2n) is 2.76. The zero-order chi connectivity index (χ0) is 11.2. The number of hydrogen-bond acceptors (Lipinski definition) is 3. The number of carboxylic acids is 1. The Morgan fingerprint density at radius 2 is 1.29 bits per heavy atom. The van der Waals surface area contributed by atoms with Crippen LogP contribution >= 0.6 is 0 Å². The summed E-state index contributed by atoms with van der Waals surface area (Å²) in [6.07, 6.45) is 5.98. The minimum atomic E-state index is -0.981. The van der Waals surface area contributed by atoms with E-state index in [0.717, 1.165) is 38.2 Å². The van der Waals surface area contributed by atoms with Gasteiger partial charge < -0.3 is 15.3 Å². The van der Waals surface area contributed by atoms with Crippen molar-refractivity contribution in [1.29, 1.82) is 0 Å². The Hall–Kier alpha value is -0.870. The van der Waals surface area contributed by atoms with Crippen molar-refractivity contribution in [2.24, 2.45) is 0 Å². The second-order valence-corrected chi connectivity index (χ2v) is 2.76. The van der Waals surface area contributed by atoms with Gasteiger partial charge in [-0.1, -0.05) is 25.8 Å². The van der Waals surface area contributed by atoms with Crippen LogP contribution in [0.2, 0.25) is 0 Å². The van der Waals surface area contributed by atoms with Crippen molar-refractivity contribution in [3.05, 3.63) is 12.7 Å². The number of rotatable bonds is 7. The molecule has 0 bridgehead atoms. The molecule has 0 saturated heterocycles. The largest absolute Gasteiger partial charge is 0.478 e. The third-order valence-corrected chi connectivity index (χ3v) is 1.49. The van der Waals surface area contributed by atoms with E-state index >= 15 is 0 Å². The Morgan fingerprint density at radius 3 is 1.50 bits per heavy atom. The Labute approximate surface area is 84.9 Å². The molecule has 0 unspecified atom stereocenters. The lowest BCUT2D eigenvalue weighted by Gasteiger charge is -1.95. The summed E-state index contributed by atoms with van der Waals surface area (Å²) in [6, 6.07) is 0. The van der Waals surface area contributed by atoms with E-state index in [9.17, 15) is 4.79 Å². The van der Waals surface area contributed by atoms with Crippen LogP contribution in [0.3, 0.4) is 0 Å². The lowest BCUT2D eigenvalue weighted by atomic mass is 10.2. The minimum Gasteiger partial charge on any atom is -0.478 e. The van der Waals surface area contributed by atoms with Crippen LogP contribution in [0.15, 0.2) is 12.7 Å². The van der Waals surface area contributed by atoms with E-state index in [2.05, 4.69) is 6.58 Å². The topological polar surface area (TPSA) is 77.8 Å². The Balaban J connectivity index is 0. The second kappa shape index (κ2) is 14.6. The molecule has 14 heavy (non-hydrogen) atoms. The van der Waals surface area contributed by atoms with Crippen molar-refractivity contribution in [3.63, 3.8) is 0 Å². The number of aliphatic hydroxyl groups excluding tert-OH is 2. The molecule has 0 atom stereocenters. The predicted octanol–water partition coefficient (Wildman–Crippen LogP) is 1.18. The van der Waals surface area contributed by atoms with Crippen LogP contribution in [-0.4, -0.2) is 34.5 Å². The SMILES string of the molecule is C=CC(=O)O.OCCCCCCCO. The first-order chi connectivity index (χ1) is 6.68. The molecule has 0 amide bonds. The highest BCUT2D eigenvalue weighted by molar-refractivity contribution is 5.78. The van der Waals surface area contributed by atoms with E-state index in [0.29, 0.717) is 13.2 Å². The summed E-state index contributed by atoms with van der Waals surface area (Å²) in [4.78, 5) is 9.25. The van der Waals surface area contributed by atoms with Crippen LogP contribution in [-0.2, 0) is 4.79 Å². The fraction of sp³-hybridized carbons (Fsp3) is 0.700. The number of aliphatic carboxylic acids is 1. The lowest BCUT2D eigenvalue weighted by molar-refractivity contribution is -0.131. The van der Waals surface area contributed by atoms with E-state index in [1.165, 1.54) is 0 Å². The van der Waals surface area contributed by atoms with E-state index in [1.54, 1.807) is 0 Å². The fourth-order valence-electron chi connectivity index (χ4n) is 0.754. The van der Waals surface area contributed by atoms with Gasteiger partial charge >= 0.3 is 5.97 Å². The van der Waals surface area contributed by atoms with Gasteiger partial charge in [0.05, 0.1) is 0 Å². The third-order valence-electron chi connectivity index (χ3n) is 1.49. The molecule has 0 spiro atoms. The normalized spacial score (nSPS) is 8.71. The van der Waals surface area contributed by atoms with Gasteiger partial charge in [-0.2, -0.15) is 0 Å². The summed E-state index contributed by atoms with van der Waals surface area (Å²) in [5.41, 5.74) is 0. The van der Waals surface area contributed by atoms with Crippen LogP contribution in [0, 0.1) is 0 Å². The van der Waals surface area contributed by atoms with Crippen LogP contribution < -0.4 is 0 Å². The molecule has 0 aliphatic heterocycles. The van der Waals surface area contributed by atoms with Gasteiger partial charge in [-0.3, -0.25) is 0 Å². The summed E-state index contributed by atoms with van der Waals surface area (Å²) < 4.78 is 0. The van der Waals surface area contributed by atoms with Crippen molar-refractivity contribution in [3.8, 4) is 0 Å². The van der Waals surface area contributed by atoms with Crippen molar-refractivity contribution in [2.45, 2.75) is 32.1 Å². The molecule has 0 aliphatic carbocycles. The van der Waals surface area contributed by atoms with Crippen LogP contribution in [0.5, 0.6) is 0 Å². The van der Waals surface area contributed by atoms with Crippen molar-refractivity contribution in [2.75, 3.05) is 13.2 Å². The van der Waals surface area contributed by atoms with Crippen LogP contribution in [0.25, 0.3) is 0 Å². The van der Waals surface area contributed by atoms with Gasteiger partial charge in [-0.15, -0.1) is 0 Å². The zero-order valence-electron chi connectivity index (χ0n) is 8.48. The van der Waals surface area contributed by atoms with Gasteiger partial charge in [0.1, 0.15) is 0 Å². The van der Waals surface area contributed by atoms with Crippen LogP contribution in [0.1, 0.15) is 32.1 Å². The van der Waals surface area contributed by atoms with E-state index in [1.807, 2.05) is 0 Å². The molecule has 0 aromatic heterocycles. The number of unbranched alkanes of at least 4 members (excludes halogenated alkanes) is 4. The first-order valence-electron chi connectivity index (χ1n) is 4.76. The maximum atomic E-state index is 9.25. The third kappa shape index (κ3) is 22.5. The number of carbonyl (C=O) groups is 1. The van der Waals surface area contributed by atoms with E-state index in [4.69, 9.17) is 15.3 Å². The zero-order valence-corrected chi connectivity index (χ0v) is 8.48. The predicted molar refractivity (Wildman–Crippen MR) is 55.1 cm³/mol. The molecule has 0 fully saturated rings. The highest BCUT2D eigenvalue weighted by Crippen LogP contribution is 2.00. The molecule has 4 heteroatoms. The van der Waals surface area contributed by atoms with Crippen molar-refractivity contribution < 1.29 is 20.1 Å². The average Bonchev–Trinajstić information content (AvgIpc) is 2.19. The van der Waals surface area contributed by atoms with Gasteiger partial charge in [-0.05, 0) is 12.8 Å². The molecule has 0 aromatic rings. The van der Waals surface area contributed by atoms with Gasteiger partial charge in [0.25, 0.3) is 0 Å². The molecule has 0 heterocycles. The molecular formula is C10H20O4. The quantitative estimate of drug-likeness (QED) is 0.430. The molecule has 0 radical (unpaired) electrons. The van der Waals surface area contributed by atoms with Crippen molar-refractivity contribution in [1.82, 2.24) is 0 Å². The Kier molecular flexibility index (Phi) is 16.3. The summed E-state index contributed by atoms with van der Waals surface area (Å²) in [5, 5.41) is 24.4. The van der Waals surface area contributed by atoms with Gasteiger partial charge in [0, 0.05) is 19.3 Å². The molecule has 0 rings (SSSR count). The highest BCUT2D eigenvalue weighted by Gasteiger charge is 1.86. The van der Waals surface area contributed by atoms with Gasteiger partial charge in [0.2, 0.25) is 0 Å². The van der Waals surface area contributed by atoms with Crippen LogP contribution in [0.4, 0.5) is 0 Å². The Morgan fingerprint density at radius 1 is 1.00 bits per heavy atom. The molecule has 0 saturated carbocycles. The minimum absolute atomic E-state index is 0.305. The lowest BCUT2D eigenvalue weighted by Crippen LogP contribution is -1.85. The summed E-state index contributed by atoms with van der Waals surface area (Å²) in [7, 11) is 0. The molecular weight excluding hydrogens is 184 g/mol. The Bertz CT molecular complexity index is 128. The summed E-state index contributed by atoms with van der Waals surface area (Å²) >= 11 is 0. The molecule has 4 nitrogen and oxygen atoms in total. The van der Waals surface area contributed by atoms with Crippen molar-refractivity contribution >= 4 is 5.97 Å². The maximum Gasteiger partial charge on any atom is 0.327 e. The number of hydrogen-bond donors (Lipinski definition) is 3. The van der Waals surface area contributed by atoms with Gasteiger partial charge in [-0.25, -0.2) is 4.79 Å². The maximum absolute atomic E-state index is 9.25. The average molecular weight is 204 g/mol. The molecule has 0 aromatic carbocycles. The number of aliphatic hydroxyl groups is 2.